The Bertz CT molecular complexity index is 275. The van der Waals surface area contributed by atoms with Crippen LogP contribution in [0.4, 0.5) is 0 Å². The van der Waals surface area contributed by atoms with Crippen LogP contribution in [0.5, 0.6) is 0 Å². The number of nitrogens with one attached hydrogen (secondary N) is 1. The van der Waals surface area contributed by atoms with Crippen LogP contribution in [0.2, 0.25) is 0 Å². The van der Waals surface area contributed by atoms with Gasteiger partial charge in [0.2, 0.25) is 0 Å². The first kappa shape index (κ1) is 11.9. The minimum Gasteiger partial charge on any atom is -0.310 e. The molecule has 0 radical (unpaired) electrons. The number of sulfone groups is 1. The molecule has 0 bridgehead atoms. The van der Waals surface area contributed by atoms with E-state index in [-0.39, 0.29) is 11.8 Å². The van der Waals surface area contributed by atoms with Crippen LogP contribution < -0.4 is 5.32 Å². The summed E-state index contributed by atoms with van der Waals surface area (Å²) in [6.07, 6.45) is 1.29. The van der Waals surface area contributed by atoms with Crippen LogP contribution in [0.1, 0.15) is 13.8 Å². The van der Waals surface area contributed by atoms with Crippen molar-refractivity contribution in [1.82, 2.24) is 10.2 Å². The first-order chi connectivity index (χ1) is 6.38. The van der Waals surface area contributed by atoms with Crippen LogP contribution in [0, 0.1) is 0 Å². The summed E-state index contributed by atoms with van der Waals surface area (Å²) in [6.45, 7) is 7.02. The highest BCUT2D eigenvalue weighted by molar-refractivity contribution is 7.90. The lowest BCUT2D eigenvalue weighted by molar-refractivity contribution is 0.169. The summed E-state index contributed by atoms with van der Waals surface area (Å²) < 4.78 is 22.2. The molecular formula is C9H20N2O2S. The molecule has 14 heavy (non-hydrogen) atoms. The average Bonchev–Trinajstić information content (AvgIpc) is 2.01. The molecule has 1 aliphatic rings. The van der Waals surface area contributed by atoms with Gasteiger partial charge in [0, 0.05) is 38.0 Å². The zero-order valence-corrected chi connectivity index (χ0v) is 9.97. The Hall–Kier alpha value is -0.130. The first-order valence-corrected chi connectivity index (χ1v) is 7.09. The molecule has 0 aromatic carbocycles. The monoisotopic (exact) mass is 220 g/mol. The molecule has 0 aromatic heterocycles. The lowest BCUT2D eigenvalue weighted by Gasteiger charge is -2.35. The van der Waals surface area contributed by atoms with Gasteiger partial charge in [-0.05, 0) is 13.8 Å². The summed E-state index contributed by atoms with van der Waals surface area (Å²) in [7, 11) is -2.86. The number of hydrogen-bond acceptors (Lipinski definition) is 4. The van der Waals surface area contributed by atoms with E-state index >= 15 is 0 Å². The highest BCUT2D eigenvalue weighted by atomic mass is 32.2. The van der Waals surface area contributed by atoms with Crippen LogP contribution in [0.15, 0.2) is 0 Å². The molecule has 0 amide bonds. The lowest BCUT2D eigenvalue weighted by Crippen LogP contribution is -2.54. The summed E-state index contributed by atoms with van der Waals surface area (Å²) in [6, 6.07) is 0.598. The van der Waals surface area contributed by atoms with Gasteiger partial charge < -0.3 is 5.32 Å². The third-order valence-electron chi connectivity index (χ3n) is 2.52. The Kier molecular flexibility index (Phi) is 3.92. The molecule has 0 spiro atoms. The van der Waals surface area contributed by atoms with E-state index in [1.165, 1.54) is 6.26 Å². The van der Waals surface area contributed by atoms with E-state index < -0.39 is 9.84 Å². The number of piperazine rings is 1. The molecule has 0 aliphatic carbocycles. The van der Waals surface area contributed by atoms with Gasteiger partial charge in [-0.25, -0.2) is 8.42 Å². The van der Waals surface area contributed by atoms with E-state index in [1.54, 1.807) is 0 Å². The molecule has 1 atom stereocenters. The van der Waals surface area contributed by atoms with Crippen LogP contribution in [0.3, 0.4) is 0 Å². The first-order valence-electron chi connectivity index (χ1n) is 5.03. The number of rotatable bonds is 3. The number of nitrogens with zero attached hydrogens (tertiary/aromatic N) is 1. The molecule has 4 nitrogen and oxygen atoms in total. The van der Waals surface area contributed by atoms with Crippen molar-refractivity contribution in [2.45, 2.75) is 25.9 Å². The van der Waals surface area contributed by atoms with E-state index in [2.05, 4.69) is 24.1 Å². The molecular weight excluding hydrogens is 200 g/mol. The molecule has 1 N–H and O–H groups in total. The van der Waals surface area contributed by atoms with E-state index in [4.69, 9.17) is 0 Å². The van der Waals surface area contributed by atoms with Gasteiger partial charge in [-0.15, -0.1) is 0 Å². The summed E-state index contributed by atoms with van der Waals surface area (Å²) in [5, 5.41) is 3.24. The van der Waals surface area contributed by atoms with E-state index in [0.717, 1.165) is 19.6 Å². The summed E-state index contributed by atoms with van der Waals surface area (Å²) in [5.74, 6) is 0.246. The van der Waals surface area contributed by atoms with Crippen molar-refractivity contribution in [2.24, 2.45) is 0 Å². The van der Waals surface area contributed by atoms with Crippen molar-refractivity contribution < 1.29 is 8.42 Å². The zero-order chi connectivity index (χ0) is 10.8. The summed E-state index contributed by atoms with van der Waals surface area (Å²) >= 11 is 0. The third kappa shape index (κ3) is 3.94. The second-order valence-electron chi connectivity index (χ2n) is 4.33. The summed E-state index contributed by atoms with van der Waals surface area (Å²) in [4.78, 5) is 2.31. The van der Waals surface area contributed by atoms with Crippen LogP contribution in [-0.2, 0) is 9.84 Å². The Morgan fingerprint density at radius 1 is 1.50 bits per heavy atom. The minimum atomic E-state index is -2.86. The Morgan fingerprint density at radius 2 is 2.14 bits per heavy atom. The maximum Gasteiger partial charge on any atom is 0.149 e. The van der Waals surface area contributed by atoms with Crippen molar-refractivity contribution in [2.75, 3.05) is 31.6 Å². The van der Waals surface area contributed by atoms with Crippen molar-refractivity contribution in [3.8, 4) is 0 Å². The molecule has 1 aliphatic heterocycles. The fourth-order valence-corrected chi connectivity index (χ4v) is 2.75. The van der Waals surface area contributed by atoms with Gasteiger partial charge in [0.25, 0.3) is 0 Å². The highest BCUT2D eigenvalue weighted by Gasteiger charge is 2.23. The molecule has 0 unspecified atom stereocenters. The van der Waals surface area contributed by atoms with Crippen LogP contribution in [-0.4, -0.2) is 57.0 Å². The van der Waals surface area contributed by atoms with Crippen molar-refractivity contribution in [3.63, 3.8) is 0 Å². The predicted octanol–water partition coefficient (Wildman–Crippen LogP) is -0.287. The Morgan fingerprint density at radius 3 is 2.64 bits per heavy atom. The van der Waals surface area contributed by atoms with Gasteiger partial charge >= 0.3 is 0 Å². The second-order valence-corrected chi connectivity index (χ2v) is 6.52. The van der Waals surface area contributed by atoms with Crippen LogP contribution in [0.25, 0.3) is 0 Å². The van der Waals surface area contributed by atoms with Crippen molar-refractivity contribution in [3.05, 3.63) is 0 Å². The lowest BCUT2D eigenvalue weighted by atomic mass is 10.2. The number of hydrogen-bond donors (Lipinski definition) is 1. The molecule has 1 saturated heterocycles. The van der Waals surface area contributed by atoms with Gasteiger partial charge in [-0.1, -0.05) is 0 Å². The fraction of sp³-hybridized carbons (Fsp3) is 1.00. The van der Waals surface area contributed by atoms with Gasteiger partial charge in [0.15, 0.2) is 0 Å². The minimum absolute atomic E-state index is 0.0983. The molecule has 1 rings (SSSR count). The smallest absolute Gasteiger partial charge is 0.149 e. The van der Waals surface area contributed by atoms with Gasteiger partial charge in [-0.2, -0.15) is 0 Å². The van der Waals surface area contributed by atoms with Crippen molar-refractivity contribution >= 4 is 9.84 Å². The SMILES string of the molecule is CC(C)N1CCN[C@H](CS(C)(=O)=O)C1. The Labute approximate surface area is 86.6 Å². The molecule has 1 fully saturated rings. The normalized spacial score (nSPS) is 25.6. The predicted molar refractivity (Wildman–Crippen MR) is 58.2 cm³/mol. The van der Waals surface area contributed by atoms with Gasteiger partial charge in [-0.3, -0.25) is 4.90 Å². The van der Waals surface area contributed by atoms with E-state index in [1.807, 2.05) is 0 Å². The molecule has 1 heterocycles. The van der Waals surface area contributed by atoms with Crippen molar-refractivity contribution in [1.29, 1.82) is 0 Å². The third-order valence-corrected chi connectivity index (χ3v) is 3.53. The van der Waals surface area contributed by atoms with E-state index in [0.29, 0.717) is 6.04 Å². The highest BCUT2D eigenvalue weighted by Crippen LogP contribution is 2.05. The average molecular weight is 220 g/mol. The molecule has 5 heteroatoms. The maximum absolute atomic E-state index is 11.1. The topological polar surface area (TPSA) is 49.4 Å². The zero-order valence-electron chi connectivity index (χ0n) is 9.16. The van der Waals surface area contributed by atoms with E-state index in [9.17, 15) is 8.42 Å². The van der Waals surface area contributed by atoms with Gasteiger partial charge in [0.05, 0.1) is 5.75 Å². The maximum atomic E-state index is 11.1. The quantitative estimate of drug-likeness (QED) is 0.710. The molecule has 84 valence electrons. The largest absolute Gasteiger partial charge is 0.310 e. The van der Waals surface area contributed by atoms with Crippen LogP contribution >= 0.6 is 0 Å². The Balaban J connectivity index is 2.48. The summed E-state index contributed by atoms with van der Waals surface area (Å²) in [5.41, 5.74) is 0. The standard InChI is InChI=1S/C9H20N2O2S/c1-8(2)11-5-4-10-9(6-11)7-14(3,12)13/h8-10H,4-7H2,1-3H3/t9-/m0/s1. The van der Waals surface area contributed by atoms with Gasteiger partial charge in [0.1, 0.15) is 9.84 Å². The second kappa shape index (κ2) is 4.59. The molecule has 0 saturated carbocycles. The fourth-order valence-electron chi connectivity index (χ4n) is 1.80. The molecule has 0 aromatic rings.